The third-order valence-electron chi connectivity index (χ3n) is 3.30. The third-order valence-corrected chi connectivity index (χ3v) is 3.79. The van der Waals surface area contributed by atoms with Gasteiger partial charge in [0.15, 0.2) is 5.78 Å². The molecule has 0 radical (unpaired) electrons. The van der Waals surface area contributed by atoms with Gasteiger partial charge in [-0.15, -0.1) is 0 Å². The molecule has 0 unspecified atom stereocenters. The number of carbonyl (C=O) groups excluding carboxylic acids is 1. The SMILES string of the molecule is COc1c(C(=O)c2ccc(Br)cc2F)ccc(C)c1C. The molecule has 0 bridgehead atoms. The molecule has 0 saturated carbocycles. The Hall–Kier alpha value is -1.68. The monoisotopic (exact) mass is 336 g/mol. The summed E-state index contributed by atoms with van der Waals surface area (Å²) in [4.78, 5) is 12.5. The minimum Gasteiger partial charge on any atom is -0.496 e. The van der Waals surface area contributed by atoms with Crippen LogP contribution in [0.3, 0.4) is 0 Å². The van der Waals surface area contributed by atoms with Gasteiger partial charge in [0.05, 0.1) is 18.2 Å². The van der Waals surface area contributed by atoms with Crippen molar-refractivity contribution < 1.29 is 13.9 Å². The Morgan fingerprint density at radius 1 is 1.15 bits per heavy atom. The van der Waals surface area contributed by atoms with Crippen molar-refractivity contribution in [2.75, 3.05) is 7.11 Å². The Morgan fingerprint density at radius 2 is 1.80 bits per heavy atom. The van der Waals surface area contributed by atoms with Crippen molar-refractivity contribution in [3.8, 4) is 5.75 Å². The number of aryl methyl sites for hydroxylation is 1. The summed E-state index contributed by atoms with van der Waals surface area (Å²) in [7, 11) is 1.51. The zero-order valence-electron chi connectivity index (χ0n) is 11.5. The van der Waals surface area contributed by atoms with Crippen molar-refractivity contribution in [1.82, 2.24) is 0 Å². The first-order valence-corrected chi connectivity index (χ1v) is 6.89. The van der Waals surface area contributed by atoms with Crippen molar-refractivity contribution in [2.24, 2.45) is 0 Å². The van der Waals surface area contributed by atoms with E-state index in [2.05, 4.69) is 15.9 Å². The van der Waals surface area contributed by atoms with Gasteiger partial charge < -0.3 is 4.74 Å². The maximum absolute atomic E-state index is 13.9. The fourth-order valence-corrected chi connectivity index (χ4v) is 2.38. The van der Waals surface area contributed by atoms with E-state index in [4.69, 9.17) is 4.74 Å². The topological polar surface area (TPSA) is 26.3 Å². The second-order valence-corrected chi connectivity index (χ2v) is 5.46. The van der Waals surface area contributed by atoms with Gasteiger partial charge in [-0.1, -0.05) is 22.0 Å². The standard InChI is InChI=1S/C16H14BrFO2/c1-9-4-6-13(16(20-3)10(9)2)15(19)12-7-5-11(17)8-14(12)18/h4-8H,1-3H3. The minimum absolute atomic E-state index is 0.0368. The first-order chi connectivity index (χ1) is 9.45. The molecule has 4 heteroatoms. The number of hydrogen-bond donors (Lipinski definition) is 0. The molecule has 2 rings (SSSR count). The lowest BCUT2D eigenvalue weighted by Gasteiger charge is -2.13. The summed E-state index contributed by atoms with van der Waals surface area (Å²) in [5.74, 6) is -0.433. The summed E-state index contributed by atoms with van der Waals surface area (Å²) >= 11 is 3.17. The largest absolute Gasteiger partial charge is 0.496 e. The molecule has 0 saturated heterocycles. The van der Waals surface area contributed by atoms with Crippen LogP contribution < -0.4 is 4.74 Å². The normalized spacial score (nSPS) is 10.4. The molecule has 0 spiro atoms. The number of ether oxygens (including phenoxy) is 1. The van der Waals surface area contributed by atoms with E-state index in [-0.39, 0.29) is 11.3 Å². The molecule has 0 aliphatic rings. The number of hydrogen-bond acceptors (Lipinski definition) is 2. The van der Waals surface area contributed by atoms with Crippen LogP contribution in [0.25, 0.3) is 0 Å². The van der Waals surface area contributed by atoms with Crippen LogP contribution in [-0.2, 0) is 0 Å². The van der Waals surface area contributed by atoms with E-state index in [0.29, 0.717) is 15.8 Å². The molecule has 0 aliphatic heterocycles. The average Bonchev–Trinajstić information content (AvgIpc) is 2.41. The lowest BCUT2D eigenvalue weighted by molar-refractivity contribution is 0.103. The molecule has 2 aromatic carbocycles. The second kappa shape index (κ2) is 5.75. The zero-order valence-corrected chi connectivity index (χ0v) is 13.0. The fraction of sp³-hybridized carbons (Fsp3) is 0.188. The molecule has 0 atom stereocenters. The van der Waals surface area contributed by atoms with Crippen LogP contribution in [0.4, 0.5) is 4.39 Å². The van der Waals surface area contributed by atoms with E-state index in [1.807, 2.05) is 19.9 Å². The van der Waals surface area contributed by atoms with Crippen LogP contribution in [0.2, 0.25) is 0 Å². The lowest BCUT2D eigenvalue weighted by atomic mass is 9.97. The molecule has 0 amide bonds. The highest BCUT2D eigenvalue weighted by molar-refractivity contribution is 9.10. The first kappa shape index (κ1) is 14.7. The van der Waals surface area contributed by atoms with Gasteiger partial charge in [0.2, 0.25) is 0 Å². The van der Waals surface area contributed by atoms with Crippen molar-refractivity contribution in [2.45, 2.75) is 13.8 Å². The van der Waals surface area contributed by atoms with E-state index in [1.165, 1.54) is 19.2 Å². The number of ketones is 1. The number of methoxy groups -OCH3 is 1. The molecule has 0 aliphatic carbocycles. The highest BCUT2D eigenvalue weighted by atomic mass is 79.9. The van der Waals surface area contributed by atoms with E-state index in [1.54, 1.807) is 12.1 Å². The first-order valence-electron chi connectivity index (χ1n) is 6.09. The maximum atomic E-state index is 13.9. The van der Waals surface area contributed by atoms with Crippen molar-refractivity contribution in [3.63, 3.8) is 0 Å². The van der Waals surface area contributed by atoms with E-state index < -0.39 is 5.82 Å². The summed E-state index contributed by atoms with van der Waals surface area (Å²) in [5.41, 5.74) is 2.32. The summed E-state index contributed by atoms with van der Waals surface area (Å²) in [6.45, 7) is 3.81. The van der Waals surface area contributed by atoms with Gasteiger partial charge in [-0.25, -0.2) is 4.39 Å². The van der Waals surface area contributed by atoms with Crippen LogP contribution >= 0.6 is 15.9 Å². The van der Waals surface area contributed by atoms with Crippen LogP contribution in [0.5, 0.6) is 5.75 Å². The molecule has 0 fully saturated rings. The Labute approximate surface area is 125 Å². The molecule has 2 aromatic rings. The Bertz CT molecular complexity index is 680. The number of carbonyl (C=O) groups is 1. The van der Waals surface area contributed by atoms with Crippen molar-refractivity contribution in [1.29, 1.82) is 0 Å². The van der Waals surface area contributed by atoms with Crippen LogP contribution in [0.15, 0.2) is 34.8 Å². The Kier molecular flexibility index (Phi) is 4.23. The minimum atomic E-state index is -0.551. The van der Waals surface area contributed by atoms with Gasteiger partial charge >= 0.3 is 0 Å². The Morgan fingerprint density at radius 3 is 2.40 bits per heavy atom. The average molecular weight is 337 g/mol. The molecule has 0 heterocycles. The van der Waals surface area contributed by atoms with Gasteiger partial charge in [-0.2, -0.15) is 0 Å². The quantitative estimate of drug-likeness (QED) is 0.774. The van der Waals surface area contributed by atoms with Gasteiger partial charge in [-0.05, 0) is 49.2 Å². The van der Waals surface area contributed by atoms with Crippen molar-refractivity contribution in [3.05, 3.63) is 62.9 Å². The third kappa shape index (κ3) is 2.61. The van der Waals surface area contributed by atoms with E-state index in [0.717, 1.165) is 11.1 Å². The Balaban J connectivity index is 2.56. The predicted octanol–water partition coefficient (Wildman–Crippen LogP) is 4.44. The smallest absolute Gasteiger partial charge is 0.199 e. The summed E-state index contributed by atoms with van der Waals surface area (Å²) < 4.78 is 19.8. The summed E-state index contributed by atoms with van der Waals surface area (Å²) in [5, 5.41) is 0. The maximum Gasteiger partial charge on any atom is 0.199 e. The van der Waals surface area contributed by atoms with E-state index >= 15 is 0 Å². The van der Waals surface area contributed by atoms with Crippen LogP contribution in [-0.4, -0.2) is 12.9 Å². The molecule has 104 valence electrons. The van der Waals surface area contributed by atoms with Gasteiger partial charge in [0, 0.05) is 4.47 Å². The van der Waals surface area contributed by atoms with Crippen LogP contribution in [0, 0.1) is 19.7 Å². The highest BCUT2D eigenvalue weighted by Crippen LogP contribution is 2.29. The number of benzene rings is 2. The lowest BCUT2D eigenvalue weighted by Crippen LogP contribution is -2.08. The predicted molar refractivity (Wildman–Crippen MR) is 80.0 cm³/mol. The molecular formula is C16H14BrFO2. The number of halogens is 2. The molecule has 0 aromatic heterocycles. The number of rotatable bonds is 3. The van der Waals surface area contributed by atoms with Gasteiger partial charge in [0.1, 0.15) is 11.6 Å². The van der Waals surface area contributed by atoms with Crippen molar-refractivity contribution >= 4 is 21.7 Å². The summed E-state index contributed by atoms with van der Waals surface area (Å²) in [6.07, 6.45) is 0. The molecular weight excluding hydrogens is 323 g/mol. The molecule has 20 heavy (non-hydrogen) atoms. The van der Waals surface area contributed by atoms with Crippen LogP contribution in [0.1, 0.15) is 27.0 Å². The highest BCUT2D eigenvalue weighted by Gasteiger charge is 2.20. The second-order valence-electron chi connectivity index (χ2n) is 4.54. The molecule has 2 nitrogen and oxygen atoms in total. The van der Waals surface area contributed by atoms with Gasteiger partial charge in [0.25, 0.3) is 0 Å². The van der Waals surface area contributed by atoms with E-state index in [9.17, 15) is 9.18 Å². The fourth-order valence-electron chi connectivity index (χ4n) is 2.05. The van der Waals surface area contributed by atoms with Gasteiger partial charge in [-0.3, -0.25) is 4.79 Å². The molecule has 0 N–H and O–H groups in total. The zero-order chi connectivity index (χ0) is 14.9. The summed E-state index contributed by atoms with van der Waals surface area (Å²) in [6, 6.07) is 7.90.